The van der Waals surface area contributed by atoms with Crippen LogP contribution >= 0.6 is 11.6 Å². The van der Waals surface area contributed by atoms with Gasteiger partial charge in [-0.25, -0.2) is 17.5 Å². The van der Waals surface area contributed by atoms with E-state index in [2.05, 4.69) is 10.0 Å². The maximum Gasteiger partial charge on any atom is 0.258 e. The predicted molar refractivity (Wildman–Crippen MR) is 114 cm³/mol. The van der Waals surface area contributed by atoms with E-state index in [4.69, 9.17) is 16.3 Å². The second-order valence-corrected chi connectivity index (χ2v) is 9.58. The number of ether oxygens (including phenoxy) is 1. The second kappa shape index (κ2) is 9.32. The second-order valence-electron chi connectivity index (χ2n) is 7.43. The Hall–Kier alpha value is -2.16. The Kier molecular flexibility index (Phi) is 7.00. The number of amides is 1. The zero-order valence-corrected chi connectivity index (χ0v) is 18.3. The molecule has 3 rings (SSSR count). The average Bonchev–Trinajstić information content (AvgIpc) is 2.70. The van der Waals surface area contributed by atoms with Crippen LogP contribution < -0.4 is 14.8 Å². The van der Waals surface area contributed by atoms with Crippen LogP contribution in [0.1, 0.15) is 43.0 Å². The average molecular weight is 455 g/mol. The van der Waals surface area contributed by atoms with E-state index < -0.39 is 27.3 Å². The van der Waals surface area contributed by atoms with Crippen molar-refractivity contribution in [2.24, 2.45) is 5.92 Å². The molecule has 6 nitrogen and oxygen atoms in total. The number of anilines is 1. The summed E-state index contributed by atoms with van der Waals surface area (Å²) < 4.78 is 47.9. The largest absolute Gasteiger partial charge is 0.495 e. The van der Waals surface area contributed by atoms with Crippen LogP contribution in [-0.4, -0.2) is 27.5 Å². The molecule has 2 aromatic carbocycles. The van der Waals surface area contributed by atoms with Crippen LogP contribution in [0.15, 0.2) is 41.3 Å². The number of hydrogen-bond donors (Lipinski definition) is 2. The third-order valence-corrected chi connectivity index (χ3v) is 7.04. The summed E-state index contributed by atoms with van der Waals surface area (Å²) in [6, 6.07) is 7.60. The topological polar surface area (TPSA) is 84.5 Å². The van der Waals surface area contributed by atoms with Gasteiger partial charge in [-0.05, 0) is 55.2 Å². The number of carbonyl (C=O) groups is 1. The maximum atomic E-state index is 14.4. The molecule has 9 heteroatoms. The van der Waals surface area contributed by atoms with E-state index in [0.29, 0.717) is 10.8 Å². The maximum absolute atomic E-state index is 14.4. The van der Waals surface area contributed by atoms with Gasteiger partial charge < -0.3 is 10.1 Å². The molecule has 1 aliphatic carbocycles. The molecule has 162 valence electrons. The first kappa shape index (κ1) is 22.5. The third-order valence-electron chi connectivity index (χ3n) is 5.32. The summed E-state index contributed by atoms with van der Waals surface area (Å²) in [6.07, 6.45) is 3.73. The summed E-state index contributed by atoms with van der Waals surface area (Å²) in [6.45, 7) is 2.01. The molecule has 0 heterocycles. The Balaban J connectivity index is 1.86. The number of rotatable bonds is 6. The van der Waals surface area contributed by atoms with E-state index >= 15 is 0 Å². The van der Waals surface area contributed by atoms with Gasteiger partial charge in [0.1, 0.15) is 11.6 Å². The molecule has 0 saturated heterocycles. The van der Waals surface area contributed by atoms with E-state index in [1.807, 2.05) is 6.92 Å². The van der Waals surface area contributed by atoms with Crippen molar-refractivity contribution in [2.75, 3.05) is 12.4 Å². The molecule has 2 N–H and O–H groups in total. The molecule has 30 heavy (non-hydrogen) atoms. The Morgan fingerprint density at radius 1 is 1.17 bits per heavy atom. The van der Waals surface area contributed by atoms with E-state index in [0.717, 1.165) is 43.9 Å². The molecule has 1 fully saturated rings. The molecule has 2 atom stereocenters. The zero-order chi connectivity index (χ0) is 21.9. The number of benzene rings is 2. The van der Waals surface area contributed by atoms with Gasteiger partial charge in [0.15, 0.2) is 0 Å². The van der Waals surface area contributed by atoms with Crippen molar-refractivity contribution >= 4 is 33.2 Å². The summed E-state index contributed by atoms with van der Waals surface area (Å²) in [5, 5.41) is 2.88. The van der Waals surface area contributed by atoms with Crippen LogP contribution in [-0.2, 0) is 10.0 Å². The fraction of sp³-hybridized carbons (Fsp3) is 0.381. The first-order chi connectivity index (χ1) is 14.2. The van der Waals surface area contributed by atoms with Crippen LogP contribution in [0.3, 0.4) is 0 Å². The fourth-order valence-corrected chi connectivity index (χ4v) is 5.15. The SMILES string of the molecule is COc1ccc(Cl)cc1NC(=O)c1cc(S(=O)(=O)N[C@H]2CCCC[C@@H]2C)ccc1F. The third kappa shape index (κ3) is 5.11. The van der Waals surface area contributed by atoms with E-state index in [1.54, 1.807) is 12.1 Å². The first-order valence-corrected chi connectivity index (χ1v) is 11.5. The lowest BCUT2D eigenvalue weighted by Gasteiger charge is -2.29. The van der Waals surface area contributed by atoms with Gasteiger partial charge in [0, 0.05) is 11.1 Å². The highest BCUT2D eigenvalue weighted by molar-refractivity contribution is 7.89. The predicted octanol–water partition coefficient (Wildman–Crippen LogP) is 4.60. The molecule has 0 aromatic heterocycles. The quantitative estimate of drug-likeness (QED) is 0.668. The minimum absolute atomic E-state index is 0.162. The molecule has 1 amide bonds. The van der Waals surface area contributed by atoms with Gasteiger partial charge in [-0.1, -0.05) is 31.4 Å². The smallest absolute Gasteiger partial charge is 0.258 e. The van der Waals surface area contributed by atoms with Gasteiger partial charge in [0.05, 0.1) is 23.3 Å². The number of methoxy groups -OCH3 is 1. The summed E-state index contributed by atoms with van der Waals surface area (Å²) >= 11 is 5.96. The minimum Gasteiger partial charge on any atom is -0.495 e. The standard InChI is InChI=1S/C21H24ClFN2O4S/c1-13-5-3-4-6-18(13)25-30(27,28)15-8-9-17(23)16(12-15)21(26)24-19-11-14(22)7-10-20(19)29-2/h7-13,18,25H,3-6H2,1-2H3,(H,24,26)/t13-,18-/m0/s1. The Labute approximate surface area is 180 Å². The highest BCUT2D eigenvalue weighted by atomic mass is 35.5. The van der Waals surface area contributed by atoms with E-state index in [-0.39, 0.29) is 22.5 Å². The summed E-state index contributed by atoms with van der Waals surface area (Å²) in [7, 11) is -2.48. The van der Waals surface area contributed by atoms with Crippen LogP contribution in [0.2, 0.25) is 5.02 Å². The molecular formula is C21H24ClFN2O4S. The number of sulfonamides is 1. The highest BCUT2D eigenvalue weighted by Gasteiger charge is 2.28. The van der Waals surface area contributed by atoms with Gasteiger partial charge in [-0.2, -0.15) is 0 Å². The lowest BCUT2D eigenvalue weighted by atomic mass is 9.87. The van der Waals surface area contributed by atoms with Gasteiger partial charge in [-0.15, -0.1) is 0 Å². The molecule has 1 aliphatic rings. The normalized spacial score (nSPS) is 19.3. The van der Waals surface area contributed by atoms with Crippen molar-refractivity contribution in [3.05, 3.63) is 52.8 Å². The summed E-state index contributed by atoms with van der Waals surface area (Å²) in [5.41, 5.74) is -0.145. The number of nitrogens with one attached hydrogen (secondary N) is 2. The molecule has 0 spiro atoms. The summed E-state index contributed by atoms with van der Waals surface area (Å²) in [5.74, 6) is -1.09. The monoisotopic (exact) mass is 454 g/mol. The molecule has 0 radical (unpaired) electrons. The minimum atomic E-state index is -3.90. The number of halogens is 2. The van der Waals surface area contributed by atoms with Crippen molar-refractivity contribution < 1.29 is 22.3 Å². The lowest BCUT2D eigenvalue weighted by Crippen LogP contribution is -2.41. The zero-order valence-electron chi connectivity index (χ0n) is 16.7. The Morgan fingerprint density at radius 2 is 1.90 bits per heavy atom. The van der Waals surface area contributed by atoms with Crippen molar-refractivity contribution in [1.29, 1.82) is 0 Å². The van der Waals surface area contributed by atoms with E-state index in [9.17, 15) is 17.6 Å². The molecule has 1 saturated carbocycles. The number of carbonyl (C=O) groups excluding carboxylic acids is 1. The van der Waals surface area contributed by atoms with Gasteiger partial charge in [0.2, 0.25) is 10.0 Å². The van der Waals surface area contributed by atoms with Crippen LogP contribution in [0.4, 0.5) is 10.1 Å². The van der Waals surface area contributed by atoms with Crippen molar-refractivity contribution in [3.63, 3.8) is 0 Å². The Bertz CT molecular complexity index is 1050. The molecule has 0 unspecified atom stereocenters. The van der Waals surface area contributed by atoms with Crippen molar-refractivity contribution in [2.45, 2.75) is 43.5 Å². The first-order valence-electron chi connectivity index (χ1n) is 9.68. The van der Waals surface area contributed by atoms with Gasteiger partial charge >= 0.3 is 0 Å². The van der Waals surface area contributed by atoms with Crippen LogP contribution in [0.5, 0.6) is 5.75 Å². The number of hydrogen-bond acceptors (Lipinski definition) is 4. The van der Waals surface area contributed by atoms with Gasteiger partial charge in [-0.3, -0.25) is 4.79 Å². The van der Waals surface area contributed by atoms with Crippen molar-refractivity contribution in [1.82, 2.24) is 4.72 Å². The van der Waals surface area contributed by atoms with Crippen LogP contribution in [0.25, 0.3) is 0 Å². The fourth-order valence-electron chi connectivity index (χ4n) is 3.57. The van der Waals surface area contributed by atoms with Crippen LogP contribution in [0, 0.1) is 11.7 Å². The molecule has 0 aliphatic heterocycles. The highest BCUT2D eigenvalue weighted by Crippen LogP contribution is 2.29. The molecule has 2 aromatic rings. The summed E-state index contributed by atoms with van der Waals surface area (Å²) in [4.78, 5) is 12.5. The lowest BCUT2D eigenvalue weighted by molar-refractivity contribution is 0.102. The molecule has 0 bridgehead atoms. The van der Waals surface area contributed by atoms with E-state index in [1.165, 1.54) is 13.2 Å². The Morgan fingerprint density at radius 3 is 2.60 bits per heavy atom. The van der Waals surface area contributed by atoms with Crippen molar-refractivity contribution in [3.8, 4) is 5.75 Å². The van der Waals surface area contributed by atoms with Gasteiger partial charge in [0.25, 0.3) is 5.91 Å². The molecular weight excluding hydrogens is 431 g/mol.